The summed E-state index contributed by atoms with van der Waals surface area (Å²) in [6, 6.07) is 13.7. The quantitative estimate of drug-likeness (QED) is 0.563. The molecule has 2 aromatic heterocycles. The Balaban J connectivity index is 0.00000196. The Morgan fingerprint density at radius 3 is 2.61 bits per heavy atom. The third-order valence-electron chi connectivity index (χ3n) is 4.14. The van der Waals surface area contributed by atoms with Crippen LogP contribution in [0.25, 0.3) is 0 Å². The number of hydrogen-bond acceptors (Lipinski definition) is 4. The number of carbonyl (C=O) groups excluding carboxylic acids is 1. The summed E-state index contributed by atoms with van der Waals surface area (Å²) in [7, 11) is 0. The zero-order chi connectivity index (χ0) is 18.4. The van der Waals surface area contributed by atoms with Gasteiger partial charge in [-0.2, -0.15) is 0 Å². The third-order valence-corrected chi connectivity index (χ3v) is 5.04. The lowest BCUT2D eigenvalue weighted by molar-refractivity contribution is -0.122. The number of hydrogen-bond donors (Lipinski definition) is 2. The minimum absolute atomic E-state index is 0. The highest BCUT2D eigenvalue weighted by Crippen LogP contribution is 2.11. The zero-order valence-corrected chi connectivity index (χ0v) is 18.1. The van der Waals surface area contributed by atoms with Crippen molar-refractivity contribution in [3.05, 3.63) is 76.5 Å². The summed E-state index contributed by atoms with van der Waals surface area (Å²) in [4.78, 5) is 18.0. The molecule has 0 radical (unpaired) electrons. The first-order valence-corrected chi connectivity index (χ1v) is 9.61. The van der Waals surface area contributed by atoms with Crippen LogP contribution >= 0.6 is 36.2 Å². The van der Waals surface area contributed by atoms with Crippen LogP contribution in [-0.2, 0) is 24.2 Å². The van der Waals surface area contributed by atoms with Crippen molar-refractivity contribution in [2.75, 3.05) is 0 Å². The van der Waals surface area contributed by atoms with Crippen LogP contribution in [0.4, 0.5) is 0 Å². The van der Waals surface area contributed by atoms with Crippen LogP contribution in [0.5, 0.6) is 0 Å². The molecule has 0 aliphatic rings. The predicted octanol–water partition coefficient (Wildman–Crippen LogP) is 3.45. The molecule has 0 saturated heterocycles. The van der Waals surface area contributed by atoms with Crippen LogP contribution in [0.15, 0.2) is 60.4 Å². The molecule has 0 bridgehead atoms. The van der Waals surface area contributed by atoms with Crippen molar-refractivity contribution >= 4 is 42.1 Å². The maximum absolute atomic E-state index is 12.3. The van der Waals surface area contributed by atoms with Crippen molar-refractivity contribution in [1.29, 1.82) is 0 Å². The van der Waals surface area contributed by atoms with E-state index >= 15 is 0 Å². The molecule has 5 nitrogen and oxygen atoms in total. The van der Waals surface area contributed by atoms with Gasteiger partial charge in [-0.25, -0.2) is 4.98 Å². The average Bonchev–Trinajstić information content (AvgIpc) is 3.28. The number of carbonyl (C=O) groups is 1. The second kappa shape index (κ2) is 11.9. The fourth-order valence-corrected chi connectivity index (χ4v) is 3.68. The zero-order valence-electron chi connectivity index (χ0n) is 15.7. The van der Waals surface area contributed by atoms with E-state index in [0.29, 0.717) is 6.42 Å². The lowest BCUT2D eigenvalue weighted by Crippen LogP contribution is -2.46. The Kier molecular flexibility index (Phi) is 10.2. The number of nitrogens with zero attached hydrogens (tertiary/aromatic N) is 2. The molecule has 0 aliphatic heterocycles. The third kappa shape index (κ3) is 7.28. The van der Waals surface area contributed by atoms with Crippen LogP contribution < -0.4 is 11.1 Å². The van der Waals surface area contributed by atoms with Crippen molar-refractivity contribution in [3.63, 3.8) is 0 Å². The number of benzene rings is 1. The monoisotopic (exact) mass is 440 g/mol. The first kappa shape index (κ1) is 24.2. The first-order chi connectivity index (χ1) is 12.6. The van der Waals surface area contributed by atoms with Crippen LogP contribution in [0.2, 0.25) is 0 Å². The fourth-order valence-electron chi connectivity index (χ4n) is 2.84. The molecule has 28 heavy (non-hydrogen) atoms. The molecule has 0 saturated carbocycles. The van der Waals surface area contributed by atoms with E-state index < -0.39 is 6.04 Å². The normalized spacial score (nSPS) is 12.4. The maximum Gasteiger partial charge on any atom is 0.237 e. The Bertz CT molecular complexity index is 824. The van der Waals surface area contributed by atoms with Crippen LogP contribution in [0.1, 0.15) is 23.1 Å². The number of aromatic nitrogens is 2. The van der Waals surface area contributed by atoms with E-state index in [1.807, 2.05) is 47.3 Å². The summed E-state index contributed by atoms with van der Waals surface area (Å²) in [6.45, 7) is 2.76. The lowest BCUT2D eigenvalue weighted by Gasteiger charge is -2.16. The maximum atomic E-state index is 12.3. The summed E-state index contributed by atoms with van der Waals surface area (Å²) >= 11 is 1.70. The van der Waals surface area contributed by atoms with E-state index in [0.717, 1.165) is 18.7 Å². The molecule has 0 spiro atoms. The number of halogens is 2. The van der Waals surface area contributed by atoms with E-state index in [1.54, 1.807) is 17.7 Å². The number of imidazole rings is 1. The molecule has 0 aliphatic carbocycles. The summed E-state index contributed by atoms with van der Waals surface area (Å²) < 4.78 is 2.01. The van der Waals surface area contributed by atoms with Gasteiger partial charge in [0.15, 0.2) is 0 Å². The molecule has 2 heterocycles. The Labute approximate surface area is 182 Å². The number of nitrogens with two attached hydrogens (primary N) is 1. The predicted molar refractivity (Wildman–Crippen MR) is 120 cm³/mol. The van der Waals surface area contributed by atoms with Crippen molar-refractivity contribution in [1.82, 2.24) is 14.9 Å². The van der Waals surface area contributed by atoms with Crippen molar-refractivity contribution in [2.45, 2.75) is 38.4 Å². The van der Waals surface area contributed by atoms with Gasteiger partial charge in [-0.3, -0.25) is 4.79 Å². The second-order valence-corrected chi connectivity index (χ2v) is 7.56. The minimum Gasteiger partial charge on any atom is -0.352 e. The van der Waals surface area contributed by atoms with Crippen LogP contribution in [0.3, 0.4) is 0 Å². The lowest BCUT2D eigenvalue weighted by atomic mass is 10.1. The van der Waals surface area contributed by atoms with Gasteiger partial charge in [0, 0.05) is 36.5 Å². The Hall–Kier alpha value is -1.86. The average molecular weight is 441 g/mol. The van der Waals surface area contributed by atoms with Gasteiger partial charge in [-0.1, -0.05) is 36.4 Å². The van der Waals surface area contributed by atoms with Gasteiger partial charge in [-0.05, 0) is 23.9 Å². The van der Waals surface area contributed by atoms with Gasteiger partial charge in [0.2, 0.25) is 5.91 Å². The molecule has 1 unspecified atom stereocenters. The van der Waals surface area contributed by atoms with Gasteiger partial charge in [0.05, 0.1) is 18.1 Å². The van der Waals surface area contributed by atoms with E-state index in [4.69, 9.17) is 5.73 Å². The van der Waals surface area contributed by atoms with Crippen molar-refractivity contribution < 1.29 is 4.79 Å². The number of thiophene rings is 1. The van der Waals surface area contributed by atoms with E-state index in [-0.39, 0.29) is 36.8 Å². The van der Waals surface area contributed by atoms with Gasteiger partial charge >= 0.3 is 0 Å². The van der Waals surface area contributed by atoms with E-state index in [2.05, 4.69) is 28.5 Å². The summed E-state index contributed by atoms with van der Waals surface area (Å²) in [5.41, 5.74) is 8.11. The highest BCUT2D eigenvalue weighted by molar-refractivity contribution is 7.09. The molecule has 1 aromatic carbocycles. The summed E-state index contributed by atoms with van der Waals surface area (Å²) in [5.74, 6) is -0.133. The molecule has 8 heteroatoms. The smallest absolute Gasteiger partial charge is 0.237 e. The van der Waals surface area contributed by atoms with Gasteiger partial charge in [0.1, 0.15) is 0 Å². The molecule has 3 aromatic rings. The number of amides is 1. The van der Waals surface area contributed by atoms with Crippen molar-refractivity contribution in [2.24, 2.45) is 5.73 Å². The van der Waals surface area contributed by atoms with Crippen LogP contribution in [-0.4, -0.2) is 27.5 Å². The van der Waals surface area contributed by atoms with Gasteiger partial charge in [0.25, 0.3) is 0 Å². The van der Waals surface area contributed by atoms with E-state index in [1.165, 1.54) is 10.4 Å². The van der Waals surface area contributed by atoms with E-state index in [9.17, 15) is 4.79 Å². The molecule has 0 fully saturated rings. The molecule has 3 rings (SSSR count). The van der Waals surface area contributed by atoms with Crippen molar-refractivity contribution in [3.8, 4) is 0 Å². The van der Waals surface area contributed by atoms with Gasteiger partial charge in [-0.15, -0.1) is 36.2 Å². The molecular formula is C20H26Cl2N4OS. The topological polar surface area (TPSA) is 72.9 Å². The molecular weight excluding hydrogens is 415 g/mol. The number of rotatable bonds is 8. The van der Waals surface area contributed by atoms with Crippen LogP contribution in [0, 0.1) is 0 Å². The highest BCUT2D eigenvalue weighted by atomic mass is 35.5. The summed E-state index contributed by atoms with van der Waals surface area (Å²) in [5, 5.41) is 5.04. The van der Waals surface area contributed by atoms with Gasteiger partial charge < -0.3 is 15.6 Å². The SMILES string of the molecule is CC(Cc1cccs1)NC(=O)[C@@H](N)Cc1cn(Cc2ccccc2)cn1.Cl.Cl. The number of nitrogens with one attached hydrogen (secondary N) is 1. The second-order valence-electron chi connectivity index (χ2n) is 6.53. The fraction of sp³-hybridized carbons (Fsp3) is 0.300. The Morgan fingerprint density at radius 2 is 1.93 bits per heavy atom. The standard InChI is InChI=1S/C20H24N4OS.2ClH/c1-15(10-18-8-5-9-26-18)23-20(25)19(21)11-17-13-24(14-22-17)12-16-6-3-2-4-7-16;;/h2-9,13-15,19H,10-12,21H2,1H3,(H,23,25);2*1H/t15?,19-;;/m0../s1. The molecule has 152 valence electrons. The first-order valence-electron chi connectivity index (χ1n) is 8.73. The molecule has 1 amide bonds. The molecule has 3 N–H and O–H groups in total. The molecule has 2 atom stereocenters. The Morgan fingerprint density at radius 1 is 1.18 bits per heavy atom. The minimum atomic E-state index is -0.596. The summed E-state index contributed by atoms with van der Waals surface area (Å²) in [6.07, 6.45) is 4.99. The largest absolute Gasteiger partial charge is 0.352 e. The highest BCUT2D eigenvalue weighted by Gasteiger charge is 2.18.